The second-order valence-electron chi connectivity index (χ2n) is 5.75. The summed E-state index contributed by atoms with van der Waals surface area (Å²) >= 11 is 1.39. The maximum absolute atomic E-state index is 12.3. The van der Waals surface area contributed by atoms with Crippen molar-refractivity contribution in [3.63, 3.8) is 0 Å². The summed E-state index contributed by atoms with van der Waals surface area (Å²) in [7, 11) is 0. The maximum atomic E-state index is 12.3. The Bertz CT molecular complexity index is 661. The average molecular weight is 315 g/mol. The van der Waals surface area contributed by atoms with E-state index in [0.29, 0.717) is 4.88 Å². The van der Waals surface area contributed by atoms with E-state index in [1.165, 1.54) is 29.9 Å². The number of aryl methyl sites for hydroxylation is 1. The van der Waals surface area contributed by atoms with Gasteiger partial charge in [-0.05, 0) is 44.4 Å². The molecule has 2 aromatic rings. The first kappa shape index (κ1) is 15.0. The van der Waals surface area contributed by atoms with Crippen LogP contribution in [0.5, 0.6) is 0 Å². The molecule has 3 rings (SSSR count). The molecule has 22 heavy (non-hydrogen) atoms. The first-order chi connectivity index (χ1) is 10.6. The molecule has 1 aromatic carbocycles. The Morgan fingerprint density at radius 2 is 2.14 bits per heavy atom. The molecule has 1 aliphatic rings. The average Bonchev–Trinajstić information content (AvgIpc) is 3.18. The molecule has 2 heterocycles. The quantitative estimate of drug-likeness (QED) is 0.938. The van der Waals surface area contributed by atoms with E-state index in [2.05, 4.69) is 39.5 Å². The van der Waals surface area contributed by atoms with Gasteiger partial charge in [-0.1, -0.05) is 12.1 Å². The lowest BCUT2D eigenvalue weighted by Gasteiger charge is -2.20. The van der Waals surface area contributed by atoms with Crippen molar-refractivity contribution in [3.8, 4) is 0 Å². The second-order valence-corrected chi connectivity index (χ2v) is 6.61. The Morgan fingerprint density at radius 3 is 2.82 bits per heavy atom. The van der Waals surface area contributed by atoms with Gasteiger partial charge in [-0.15, -0.1) is 11.3 Å². The number of hydrogen-bond donors (Lipinski definition) is 1. The summed E-state index contributed by atoms with van der Waals surface area (Å²) in [4.78, 5) is 19.5. The number of amides is 1. The van der Waals surface area contributed by atoms with E-state index in [0.717, 1.165) is 24.3 Å². The minimum absolute atomic E-state index is 0.0171. The molecule has 1 aromatic heterocycles. The molecule has 1 aliphatic heterocycles. The zero-order valence-electron chi connectivity index (χ0n) is 13.0. The molecule has 0 spiro atoms. The van der Waals surface area contributed by atoms with Crippen molar-refractivity contribution in [2.45, 2.75) is 32.7 Å². The number of benzene rings is 1. The number of hydrogen-bond acceptors (Lipinski definition) is 4. The van der Waals surface area contributed by atoms with Gasteiger partial charge in [-0.2, -0.15) is 0 Å². The highest BCUT2D eigenvalue weighted by atomic mass is 32.1. The first-order valence-electron chi connectivity index (χ1n) is 7.71. The summed E-state index contributed by atoms with van der Waals surface area (Å²) in [6, 6.07) is 8.47. The molecule has 1 N–H and O–H groups in total. The fraction of sp³-hybridized carbons (Fsp3) is 0.412. The van der Waals surface area contributed by atoms with Crippen LogP contribution >= 0.6 is 11.3 Å². The van der Waals surface area contributed by atoms with Crippen LogP contribution in [0.15, 0.2) is 29.8 Å². The number of nitrogens with one attached hydrogen (secondary N) is 1. The molecule has 0 unspecified atom stereocenters. The van der Waals surface area contributed by atoms with Crippen molar-refractivity contribution >= 4 is 22.9 Å². The van der Waals surface area contributed by atoms with Gasteiger partial charge in [-0.25, -0.2) is 4.98 Å². The van der Waals surface area contributed by atoms with E-state index in [1.54, 1.807) is 5.51 Å². The largest absolute Gasteiger partial charge is 0.372 e. The zero-order chi connectivity index (χ0) is 15.5. The van der Waals surface area contributed by atoms with Crippen molar-refractivity contribution in [2.24, 2.45) is 0 Å². The number of thiazole rings is 1. The molecule has 1 saturated heterocycles. The molecule has 0 bridgehead atoms. The van der Waals surface area contributed by atoms with Crippen LogP contribution in [0.25, 0.3) is 0 Å². The highest BCUT2D eigenvalue weighted by Gasteiger charge is 2.17. The minimum atomic E-state index is -0.0425. The normalized spacial score (nSPS) is 15.8. The summed E-state index contributed by atoms with van der Waals surface area (Å²) in [6.45, 7) is 6.15. The van der Waals surface area contributed by atoms with Crippen LogP contribution in [0.4, 0.5) is 5.69 Å². The Hall–Kier alpha value is -1.88. The van der Waals surface area contributed by atoms with Gasteiger partial charge in [0, 0.05) is 18.8 Å². The van der Waals surface area contributed by atoms with E-state index in [4.69, 9.17) is 0 Å². The third kappa shape index (κ3) is 3.14. The molecule has 1 fully saturated rings. The second kappa shape index (κ2) is 6.48. The molecule has 116 valence electrons. The van der Waals surface area contributed by atoms with Crippen molar-refractivity contribution in [3.05, 3.63) is 45.9 Å². The van der Waals surface area contributed by atoms with Crippen molar-refractivity contribution in [1.82, 2.24) is 10.3 Å². The summed E-state index contributed by atoms with van der Waals surface area (Å²) in [5, 5.41) is 3.07. The lowest BCUT2D eigenvalue weighted by atomic mass is 10.1. The van der Waals surface area contributed by atoms with Gasteiger partial charge in [0.1, 0.15) is 4.88 Å². The lowest BCUT2D eigenvalue weighted by molar-refractivity contribution is 0.0943. The van der Waals surface area contributed by atoms with E-state index in [9.17, 15) is 4.79 Å². The van der Waals surface area contributed by atoms with Gasteiger partial charge in [0.05, 0.1) is 17.2 Å². The fourth-order valence-corrected chi connectivity index (χ4v) is 3.54. The van der Waals surface area contributed by atoms with E-state index in [1.807, 2.05) is 13.8 Å². The van der Waals surface area contributed by atoms with Gasteiger partial charge in [0.2, 0.25) is 0 Å². The van der Waals surface area contributed by atoms with Gasteiger partial charge in [0.15, 0.2) is 0 Å². The third-order valence-electron chi connectivity index (χ3n) is 4.14. The topological polar surface area (TPSA) is 45.2 Å². The highest BCUT2D eigenvalue weighted by molar-refractivity contribution is 7.11. The number of anilines is 1. The van der Waals surface area contributed by atoms with Crippen LogP contribution in [0.3, 0.4) is 0 Å². The van der Waals surface area contributed by atoms with E-state index in [-0.39, 0.29) is 11.9 Å². The number of carbonyl (C=O) groups excluding carboxylic acids is 1. The van der Waals surface area contributed by atoms with Crippen LogP contribution < -0.4 is 10.2 Å². The van der Waals surface area contributed by atoms with E-state index < -0.39 is 0 Å². The molecule has 0 saturated carbocycles. The van der Waals surface area contributed by atoms with Gasteiger partial charge in [0.25, 0.3) is 5.91 Å². The summed E-state index contributed by atoms with van der Waals surface area (Å²) < 4.78 is 0. The SMILES string of the molecule is Cc1ncsc1C(=O)N[C@@H](C)c1cccc(N2CCCC2)c1. The predicted molar refractivity (Wildman–Crippen MR) is 90.6 cm³/mol. The predicted octanol–water partition coefficient (Wildman–Crippen LogP) is 3.54. The van der Waals surface area contributed by atoms with Gasteiger partial charge < -0.3 is 10.2 Å². The Morgan fingerprint density at radius 1 is 1.36 bits per heavy atom. The molecule has 1 atom stereocenters. The molecule has 4 nitrogen and oxygen atoms in total. The van der Waals surface area contributed by atoms with Crippen molar-refractivity contribution < 1.29 is 4.79 Å². The van der Waals surface area contributed by atoms with Crippen LogP contribution in [0.2, 0.25) is 0 Å². The molecule has 1 amide bonds. The van der Waals surface area contributed by atoms with Crippen LogP contribution in [-0.4, -0.2) is 24.0 Å². The van der Waals surface area contributed by atoms with Gasteiger partial charge >= 0.3 is 0 Å². The van der Waals surface area contributed by atoms with Crippen LogP contribution in [0, 0.1) is 6.92 Å². The van der Waals surface area contributed by atoms with Crippen molar-refractivity contribution in [1.29, 1.82) is 0 Å². The number of nitrogens with zero attached hydrogens (tertiary/aromatic N) is 2. The minimum Gasteiger partial charge on any atom is -0.372 e. The smallest absolute Gasteiger partial charge is 0.263 e. The molecule has 5 heteroatoms. The monoisotopic (exact) mass is 315 g/mol. The fourth-order valence-electron chi connectivity index (χ4n) is 2.83. The zero-order valence-corrected chi connectivity index (χ0v) is 13.8. The highest BCUT2D eigenvalue weighted by Crippen LogP contribution is 2.24. The van der Waals surface area contributed by atoms with Crippen molar-refractivity contribution in [2.75, 3.05) is 18.0 Å². The Kier molecular flexibility index (Phi) is 4.43. The summed E-state index contributed by atoms with van der Waals surface area (Å²) in [5.41, 5.74) is 4.90. The summed E-state index contributed by atoms with van der Waals surface area (Å²) in [6.07, 6.45) is 2.53. The first-order valence-corrected chi connectivity index (χ1v) is 8.59. The molecular weight excluding hydrogens is 294 g/mol. The Balaban J connectivity index is 1.72. The lowest BCUT2D eigenvalue weighted by Crippen LogP contribution is -2.26. The molecular formula is C17H21N3OS. The molecule has 0 aliphatic carbocycles. The standard InChI is InChI=1S/C17H21N3OS/c1-12(19-17(21)16-13(2)18-11-22-16)14-6-5-7-15(10-14)20-8-3-4-9-20/h5-7,10-12H,3-4,8-9H2,1-2H3,(H,19,21)/t12-/m0/s1. The number of rotatable bonds is 4. The Labute approximate surface area is 135 Å². The number of aromatic nitrogens is 1. The maximum Gasteiger partial charge on any atom is 0.263 e. The van der Waals surface area contributed by atoms with Crippen LogP contribution in [-0.2, 0) is 0 Å². The third-order valence-corrected chi connectivity index (χ3v) is 5.07. The molecule has 0 radical (unpaired) electrons. The number of carbonyl (C=O) groups is 1. The summed E-state index contributed by atoms with van der Waals surface area (Å²) in [5.74, 6) is -0.0425. The van der Waals surface area contributed by atoms with Crippen LogP contribution in [0.1, 0.15) is 46.7 Å². The van der Waals surface area contributed by atoms with E-state index >= 15 is 0 Å². The van der Waals surface area contributed by atoms with Gasteiger partial charge in [-0.3, -0.25) is 4.79 Å².